The van der Waals surface area contributed by atoms with Gasteiger partial charge in [-0.15, -0.1) is 0 Å². The van der Waals surface area contributed by atoms with E-state index in [0.717, 1.165) is 19.3 Å². The van der Waals surface area contributed by atoms with Crippen molar-refractivity contribution in [3.63, 3.8) is 0 Å². The van der Waals surface area contributed by atoms with E-state index < -0.39 is 5.63 Å². The number of fused-ring (bicyclic) bond motifs is 1. The van der Waals surface area contributed by atoms with E-state index in [2.05, 4.69) is 45.9 Å². The van der Waals surface area contributed by atoms with Gasteiger partial charge in [0.2, 0.25) is 5.75 Å². The highest BCUT2D eigenvalue weighted by Gasteiger charge is 2.17. The van der Waals surface area contributed by atoms with Crippen molar-refractivity contribution in [2.24, 2.45) is 0 Å². The molecule has 0 spiro atoms. The fourth-order valence-electron chi connectivity index (χ4n) is 3.04. The summed E-state index contributed by atoms with van der Waals surface area (Å²) in [4.78, 5) is 12.5. The summed E-state index contributed by atoms with van der Waals surface area (Å²) in [6, 6.07) is 5.37. The van der Waals surface area contributed by atoms with E-state index in [-0.39, 0.29) is 5.75 Å². The third-order valence-electron chi connectivity index (χ3n) is 4.70. The van der Waals surface area contributed by atoms with Crippen LogP contribution in [-0.2, 0) is 0 Å². The minimum absolute atomic E-state index is 0.100. The standard InChI is InChI=1S/C26H34O5/c1-6-7-8-9-16-30-25-24(28-5)22-14-13-21(18-23(22)31-26(25)27)29-17-15-20(4)12-10-11-19(2)3/h7-8,11,13-15,18H,6,9-10,12,16-17H2,1-5H3/b8-7?,20-15+. The molecule has 1 aromatic carbocycles. The number of allylic oxidation sites excluding steroid dienone is 4. The van der Waals surface area contributed by atoms with Crippen molar-refractivity contribution >= 4 is 11.0 Å². The highest BCUT2D eigenvalue weighted by molar-refractivity contribution is 5.86. The molecule has 0 saturated heterocycles. The molecule has 1 aromatic heterocycles. The number of methoxy groups -OCH3 is 1. The Kier molecular flexibility index (Phi) is 9.95. The van der Waals surface area contributed by atoms with Crippen molar-refractivity contribution in [2.45, 2.75) is 53.4 Å². The molecule has 31 heavy (non-hydrogen) atoms. The monoisotopic (exact) mass is 426 g/mol. The summed E-state index contributed by atoms with van der Waals surface area (Å²) in [6.07, 6.45) is 12.1. The Labute approximate surface area is 185 Å². The molecule has 1 heterocycles. The summed E-state index contributed by atoms with van der Waals surface area (Å²) in [5.41, 5.74) is 2.46. The largest absolute Gasteiger partial charge is 0.492 e. The molecule has 0 fully saturated rings. The molecule has 0 saturated carbocycles. The van der Waals surface area contributed by atoms with Crippen LogP contribution in [0.4, 0.5) is 0 Å². The van der Waals surface area contributed by atoms with Crippen molar-refractivity contribution in [1.29, 1.82) is 0 Å². The average molecular weight is 427 g/mol. The summed E-state index contributed by atoms with van der Waals surface area (Å²) in [5, 5.41) is 0.669. The smallest absolute Gasteiger partial charge is 0.383 e. The molecule has 5 heteroatoms. The van der Waals surface area contributed by atoms with E-state index in [1.165, 1.54) is 18.3 Å². The second-order valence-electron chi connectivity index (χ2n) is 7.61. The highest BCUT2D eigenvalue weighted by atomic mass is 16.5. The van der Waals surface area contributed by atoms with Crippen LogP contribution in [0.1, 0.15) is 53.4 Å². The first kappa shape index (κ1) is 24.3. The first-order valence-electron chi connectivity index (χ1n) is 10.8. The fourth-order valence-corrected chi connectivity index (χ4v) is 3.04. The van der Waals surface area contributed by atoms with Crippen molar-refractivity contribution in [3.05, 3.63) is 64.1 Å². The zero-order chi connectivity index (χ0) is 22.6. The average Bonchev–Trinajstić information content (AvgIpc) is 2.73. The normalized spacial score (nSPS) is 11.7. The molecule has 0 bridgehead atoms. The second kappa shape index (κ2) is 12.7. The number of benzene rings is 1. The fraction of sp³-hybridized carbons (Fsp3) is 0.423. The van der Waals surface area contributed by atoms with Gasteiger partial charge in [-0.2, -0.15) is 0 Å². The molecule has 0 aliphatic heterocycles. The predicted molar refractivity (Wildman–Crippen MR) is 126 cm³/mol. The van der Waals surface area contributed by atoms with Gasteiger partial charge in [-0.05, 0) is 64.7 Å². The maximum absolute atomic E-state index is 12.5. The molecular weight excluding hydrogens is 392 g/mol. The maximum atomic E-state index is 12.5. The lowest BCUT2D eigenvalue weighted by Crippen LogP contribution is -2.10. The van der Waals surface area contributed by atoms with Crippen LogP contribution >= 0.6 is 0 Å². The van der Waals surface area contributed by atoms with Crippen LogP contribution in [0.2, 0.25) is 0 Å². The van der Waals surface area contributed by atoms with Crippen LogP contribution in [0, 0.1) is 0 Å². The summed E-state index contributed by atoms with van der Waals surface area (Å²) in [7, 11) is 1.52. The number of hydrogen-bond donors (Lipinski definition) is 0. The first-order chi connectivity index (χ1) is 15.0. The number of rotatable bonds is 12. The molecule has 2 aromatic rings. The van der Waals surface area contributed by atoms with Gasteiger partial charge < -0.3 is 18.6 Å². The zero-order valence-electron chi connectivity index (χ0n) is 19.3. The Hall–Kier alpha value is -2.95. The van der Waals surface area contributed by atoms with Gasteiger partial charge in [-0.3, -0.25) is 0 Å². The SMILES string of the molecule is CCC=CCCOc1c(OC)c2ccc(OC/C=C(\C)CCC=C(C)C)cc2oc1=O. The lowest BCUT2D eigenvalue weighted by Gasteiger charge is -2.12. The van der Waals surface area contributed by atoms with Gasteiger partial charge in [0.15, 0.2) is 5.75 Å². The van der Waals surface area contributed by atoms with Crippen LogP contribution in [0.25, 0.3) is 11.0 Å². The Morgan fingerprint density at radius 1 is 1.03 bits per heavy atom. The third-order valence-corrected chi connectivity index (χ3v) is 4.70. The van der Waals surface area contributed by atoms with Crippen LogP contribution in [0.15, 0.2) is 62.9 Å². The number of hydrogen-bond acceptors (Lipinski definition) is 5. The van der Waals surface area contributed by atoms with Crippen LogP contribution in [0.3, 0.4) is 0 Å². The molecule has 5 nitrogen and oxygen atoms in total. The van der Waals surface area contributed by atoms with Gasteiger partial charge in [0.25, 0.3) is 0 Å². The van der Waals surface area contributed by atoms with Crippen molar-refractivity contribution in [3.8, 4) is 17.2 Å². The summed E-state index contributed by atoms with van der Waals surface area (Å²) in [6.45, 7) is 9.22. The Bertz CT molecular complexity index is 991. The van der Waals surface area contributed by atoms with E-state index in [9.17, 15) is 4.79 Å². The van der Waals surface area contributed by atoms with Crippen LogP contribution < -0.4 is 19.8 Å². The Balaban J connectivity index is 2.10. The van der Waals surface area contributed by atoms with Gasteiger partial charge in [0.1, 0.15) is 17.9 Å². The first-order valence-corrected chi connectivity index (χ1v) is 10.8. The molecule has 0 aliphatic carbocycles. The molecule has 2 rings (SSSR count). The summed E-state index contributed by atoms with van der Waals surface area (Å²) >= 11 is 0. The van der Waals surface area contributed by atoms with Crippen LogP contribution in [-0.4, -0.2) is 20.3 Å². The van der Waals surface area contributed by atoms with Crippen LogP contribution in [0.5, 0.6) is 17.2 Å². The van der Waals surface area contributed by atoms with Gasteiger partial charge in [-0.25, -0.2) is 4.79 Å². The lowest BCUT2D eigenvalue weighted by atomic mass is 10.1. The van der Waals surface area contributed by atoms with Gasteiger partial charge in [0, 0.05) is 6.07 Å². The van der Waals surface area contributed by atoms with E-state index in [1.807, 2.05) is 18.2 Å². The van der Waals surface area contributed by atoms with E-state index in [4.69, 9.17) is 18.6 Å². The molecule has 0 atom stereocenters. The highest BCUT2D eigenvalue weighted by Crippen LogP contribution is 2.34. The zero-order valence-corrected chi connectivity index (χ0v) is 19.3. The lowest BCUT2D eigenvalue weighted by molar-refractivity contribution is 0.285. The molecule has 0 N–H and O–H groups in total. The maximum Gasteiger partial charge on any atom is 0.383 e. The minimum Gasteiger partial charge on any atom is -0.492 e. The third kappa shape index (κ3) is 7.67. The predicted octanol–water partition coefficient (Wildman–Crippen LogP) is 6.61. The Morgan fingerprint density at radius 3 is 2.55 bits per heavy atom. The quantitative estimate of drug-likeness (QED) is 0.217. The van der Waals surface area contributed by atoms with Crippen molar-refractivity contribution in [2.75, 3.05) is 20.3 Å². The second-order valence-corrected chi connectivity index (χ2v) is 7.61. The molecule has 0 aliphatic rings. The molecule has 168 valence electrons. The minimum atomic E-state index is -0.559. The van der Waals surface area contributed by atoms with Gasteiger partial charge in [0.05, 0.1) is 19.1 Å². The summed E-state index contributed by atoms with van der Waals surface area (Å²) < 4.78 is 22.4. The van der Waals surface area contributed by atoms with E-state index >= 15 is 0 Å². The van der Waals surface area contributed by atoms with Gasteiger partial charge >= 0.3 is 5.63 Å². The molecule has 0 amide bonds. The number of ether oxygens (including phenoxy) is 3. The van der Waals surface area contributed by atoms with Crippen molar-refractivity contribution in [1.82, 2.24) is 0 Å². The molecular formula is C26H34O5. The van der Waals surface area contributed by atoms with Crippen molar-refractivity contribution < 1.29 is 18.6 Å². The Morgan fingerprint density at radius 2 is 1.84 bits per heavy atom. The molecule has 0 radical (unpaired) electrons. The topological polar surface area (TPSA) is 57.9 Å². The molecule has 0 unspecified atom stereocenters. The van der Waals surface area contributed by atoms with Gasteiger partial charge in [-0.1, -0.05) is 36.3 Å². The van der Waals surface area contributed by atoms with E-state index in [0.29, 0.717) is 42.1 Å². The van der Waals surface area contributed by atoms with E-state index in [1.54, 1.807) is 6.07 Å². The summed E-state index contributed by atoms with van der Waals surface area (Å²) in [5.74, 6) is 1.11.